The largest absolute Gasteiger partial charge is 0.359 e. The van der Waals surface area contributed by atoms with Crippen LogP contribution in [-0.2, 0) is 14.8 Å². The Kier molecular flexibility index (Phi) is 6.10. The quantitative estimate of drug-likeness (QED) is 0.865. The first kappa shape index (κ1) is 17.1. The van der Waals surface area contributed by atoms with Crippen molar-refractivity contribution in [3.8, 4) is 0 Å². The van der Waals surface area contributed by atoms with Gasteiger partial charge in [-0.05, 0) is 24.6 Å². The molecule has 0 fully saturated rings. The van der Waals surface area contributed by atoms with Gasteiger partial charge in [-0.2, -0.15) is 0 Å². The summed E-state index contributed by atoms with van der Waals surface area (Å²) in [6, 6.07) is 4.61. The second-order valence-corrected chi connectivity index (χ2v) is 6.96. The number of nitrogens with zero attached hydrogens (tertiary/aromatic N) is 1. The van der Waals surface area contributed by atoms with Crippen LogP contribution < -0.4 is 9.62 Å². The molecule has 1 aromatic carbocycles. The van der Waals surface area contributed by atoms with Crippen LogP contribution in [-0.4, -0.2) is 34.2 Å². The number of carbonyl (C=O) groups excluding carboxylic acids is 1. The fraction of sp³-hybridized carbons (Fsp3) is 0.417. The Morgan fingerprint density at radius 1 is 1.35 bits per heavy atom. The lowest BCUT2D eigenvalue weighted by Gasteiger charge is -2.23. The van der Waals surface area contributed by atoms with Gasteiger partial charge in [-0.3, -0.25) is 9.10 Å². The Balaban J connectivity index is 2.96. The zero-order chi connectivity index (χ0) is 15.3. The third-order valence-corrected chi connectivity index (χ3v) is 4.36. The fourth-order valence-corrected chi connectivity index (χ4v) is 3.06. The van der Waals surface area contributed by atoms with Crippen molar-refractivity contribution < 1.29 is 13.2 Å². The van der Waals surface area contributed by atoms with E-state index in [0.29, 0.717) is 22.2 Å². The van der Waals surface area contributed by atoms with E-state index in [-0.39, 0.29) is 18.9 Å². The maximum Gasteiger partial charge on any atom is 0.232 e. The first-order valence-electron chi connectivity index (χ1n) is 5.89. The molecule has 0 spiro atoms. The van der Waals surface area contributed by atoms with Crippen LogP contribution >= 0.6 is 23.2 Å². The number of amides is 1. The van der Waals surface area contributed by atoms with Gasteiger partial charge in [-0.25, -0.2) is 8.42 Å². The summed E-state index contributed by atoms with van der Waals surface area (Å²) in [7, 11) is -1.97. The van der Waals surface area contributed by atoms with E-state index in [9.17, 15) is 13.2 Å². The normalized spacial score (nSPS) is 11.2. The van der Waals surface area contributed by atoms with Crippen LogP contribution in [0, 0.1) is 0 Å². The Labute approximate surface area is 128 Å². The molecular weight excluding hydrogens is 323 g/mol. The summed E-state index contributed by atoms with van der Waals surface area (Å²) in [5.74, 6) is -0.143. The van der Waals surface area contributed by atoms with Crippen LogP contribution in [0.25, 0.3) is 0 Å². The molecule has 112 valence electrons. The first-order chi connectivity index (χ1) is 9.25. The molecule has 0 bridgehead atoms. The van der Waals surface area contributed by atoms with Gasteiger partial charge >= 0.3 is 0 Å². The van der Waals surface area contributed by atoms with E-state index in [1.54, 1.807) is 6.07 Å². The summed E-state index contributed by atoms with van der Waals surface area (Å²) < 4.78 is 24.9. The van der Waals surface area contributed by atoms with Gasteiger partial charge in [-0.1, -0.05) is 23.2 Å². The number of hydrogen-bond donors (Lipinski definition) is 1. The molecule has 20 heavy (non-hydrogen) atoms. The number of anilines is 1. The zero-order valence-corrected chi connectivity index (χ0v) is 13.5. The zero-order valence-electron chi connectivity index (χ0n) is 11.2. The van der Waals surface area contributed by atoms with Crippen LogP contribution in [0.5, 0.6) is 0 Å². The lowest BCUT2D eigenvalue weighted by Crippen LogP contribution is -2.32. The lowest BCUT2D eigenvalue weighted by atomic mass is 10.2. The monoisotopic (exact) mass is 338 g/mol. The number of nitrogens with one attached hydrogen (secondary N) is 1. The summed E-state index contributed by atoms with van der Waals surface area (Å²) >= 11 is 11.9. The molecule has 8 heteroatoms. The van der Waals surface area contributed by atoms with E-state index in [1.807, 2.05) is 0 Å². The topological polar surface area (TPSA) is 66.5 Å². The van der Waals surface area contributed by atoms with Crippen molar-refractivity contribution in [2.45, 2.75) is 12.8 Å². The van der Waals surface area contributed by atoms with Crippen molar-refractivity contribution in [2.24, 2.45) is 0 Å². The Hall–Kier alpha value is -0.980. The van der Waals surface area contributed by atoms with Crippen molar-refractivity contribution in [1.29, 1.82) is 0 Å². The van der Waals surface area contributed by atoms with E-state index in [4.69, 9.17) is 23.2 Å². The predicted molar refractivity (Wildman–Crippen MR) is 82.0 cm³/mol. The Morgan fingerprint density at radius 3 is 2.55 bits per heavy atom. The molecule has 0 saturated heterocycles. The standard InChI is InChI=1S/C12H16Cl2N2O3S/c1-15-12(17)4-3-7-16(20(2,18)19)11-8-9(13)5-6-10(11)14/h5-6,8H,3-4,7H2,1-2H3,(H,15,17). The van der Waals surface area contributed by atoms with Crippen LogP contribution in [0.1, 0.15) is 12.8 Å². The summed E-state index contributed by atoms with van der Waals surface area (Å²) in [6.45, 7) is 0.159. The minimum Gasteiger partial charge on any atom is -0.359 e. The number of benzene rings is 1. The molecular formula is C12H16Cl2N2O3S. The molecule has 1 amide bonds. The second kappa shape index (κ2) is 7.15. The molecule has 5 nitrogen and oxygen atoms in total. The van der Waals surface area contributed by atoms with Crippen molar-refractivity contribution >= 4 is 44.8 Å². The molecule has 0 radical (unpaired) electrons. The molecule has 1 aromatic rings. The van der Waals surface area contributed by atoms with E-state index in [2.05, 4.69) is 5.32 Å². The molecule has 0 aromatic heterocycles. The number of hydrogen-bond acceptors (Lipinski definition) is 3. The van der Waals surface area contributed by atoms with Gasteiger partial charge in [0.05, 0.1) is 17.0 Å². The predicted octanol–water partition coefficient (Wildman–Crippen LogP) is 2.29. The van der Waals surface area contributed by atoms with Crippen molar-refractivity contribution in [3.05, 3.63) is 28.2 Å². The van der Waals surface area contributed by atoms with Crippen molar-refractivity contribution in [2.75, 3.05) is 24.2 Å². The fourth-order valence-electron chi connectivity index (χ4n) is 1.65. The lowest BCUT2D eigenvalue weighted by molar-refractivity contribution is -0.120. The van der Waals surface area contributed by atoms with Crippen molar-refractivity contribution in [1.82, 2.24) is 5.32 Å². The summed E-state index contributed by atoms with van der Waals surface area (Å²) in [6.07, 6.45) is 1.71. The summed E-state index contributed by atoms with van der Waals surface area (Å²) in [4.78, 5) is 11.2. The number of sulfonamides is 1. The van der Waals surface area contributed by atoms with Gasteiger partial charge in [0, 0.05) is 25.0 Å². The maximum atomic E-state index is 11.9. The highest BCUT2D eigenvalue weighted by Crippen LogP contribution is 2.30. The highest BCUT2D eigenvalue weighted by molar-refractivity contribution is 7.92. The van der Waals surface area contributed by atoms with E-state index in [0.717, 1.165) is 10.6 Å². The molecule has 0 saturated carbocycles. The van der Waals surface area contributed by atoms with Crippen molar-refractivity contribution in [3.63, 3.8) is 0 Å². The Morgan fingerprint density at radius 2 is 2.00 bits per heavy atom. The summed E-state index contributed by atoms with van der Waals surface area (Å²) in [5, 5.41) is 3.17. The molecule has 1 rings (SSSR count). The van der Waals surface area contributed by atoms with Gasteiger partial charge < -0.3 is 5.32 Å². The molecule has 1 N–H and O–H groups in total. The van der Waals surface area contributed by atoms with Gasteiger partial charge in [-0.15, -0.1) is 0 Å². The third-order valence-electron chi connectivity index (χ3n) is 2.62. The maximum absolute atomic E-state index is 11.9. The molecule has 0 unspecified atom stereocenters. The molecule has 0 heterocycles. The average molecular weight is 339 g/mol. The van der Waals surface area contributed by atoms with Gasteiger partial charge in [0.2, 0.25) is 15.9 Å². The van der Waals surface area contributed by atoms with Gasteiger partial charge in [0.15, 0.2) is 0 Å². The van der Waals surface area contributed by atoms with E-state index >= 15 is 0 Å². The highest BCUT2D eigenvalue weighted by Gasteiger charge is 2.20. The molecule has 0 atom stereocenters. The number of carbonyl (C=O) groups is 1. The highest BCUT2D eigenvalue weighted by atomic mass is 35.5. The molecule has 0 aliphatic rings. The van der Waals surface area contributed by atoms with Crippen LogP contribution in [0.4, 0.5) is 5.69 Å². The van der Waals surface area contributed by atoms with Crippen LogP contribution in [0.3, 0.4) is 0 Å². The van der Waals surface area contributed by atoms with E-state index < -0.39 is 10.0 Å². The van der Waals surface area contributed by atoms with Crippen LogP contribution in [0.15, 0.2) is 18.2 Å². The number of rotatable bonds is 6. The smallest absolute Gasteiger partial charge is 0.232 e. The SMILES string of the molecule is CNC(=O)CCCN(c1cc(Cl)ccc1Cl)S(C)(=O)=O. The van der Waals surface area contributed by atoms with Crippen LogP contribution in [0.2, 0.25) is 10.0 Å². The average Bonchev–Trinajstić information content (AvgIpc) is 2.36. The van der Waals surface area contributed by atoms with Gasteiger partial charge in [0.1, 0.15) is 0 Å². The molecule has 0 aliphatic carbocycles. The summed E-state index contributed by atoms with van der Waals surface area (Å²) in [5.41, 5.74) is 0.318. The minimum atomic E-state index is -3.50. The van der Waals surface area contributed by atoms with Gasteiger partial charge in [0.25, 0.3) is 0 Å². The molecule has 0 aliphatic heterocycles. The second-order valence-electron chi connectivity index (χ2n) is 4.21. The third kappa shape index (κ3) is 4.85. The number of halogens is 2. The minimum absolute atomic E-state index is 0.143. The Bertz CT molecular complexity index is 590. The first-order valence-corrected chi connectivity index (χ1v) is 8.49. The van der Waals surface area contributed by atoms with E-state index in [1.165, 1.54) is 19.2 Å².